The van der Waals surface area contributed by atoms with Crippen LogP contribution in [-0.2, 0) is 11.2 Å². The maximum atomic E-state index is 13.3. The Morgan fingerprint density at radius 2 is 1.89 bits per heavy atom. The van der Waals surface area contributed by atoms with Crippen LogP contribution in [0.4, 0.5) is 0 Å². The summed E-state index contributed by atoms with van der Waals surface area (Å²) in [5.41, 5.74) is 4.77. The largest absolute Gasteiger partial charge is 0.465 e. The number of halogens is 1. The summed E-state index contributed by atoms with van der Waals surface area (Å²) >= 11 is 3.44. The van der Waals surface area contributed by atoms with Crippen molar-refractivity contribution in [1.82, 2.24) is 14.2 Å². The van der Waals surface area contributed by atoms with Crippen LogP contribution in [0.2, 0.25) is 0 Å². The molecule has 180 valence electrons. The van der Waals surface area contributed by atoms with E-state index in [1.165, 1.54) is 11.8 Å². The molecule has 4 rings (SSSR count). The highest BCUT2D eigenvalue weighted by Crippen LogP contribution is 2.21. The number of hydrogen-bond donors (Lipinski definition) is 0. The van der Waals surface area contributed by atoms with E-state index in [0.717, 1.165) is 40.0 Å². The molecule has 35 heavy (non-hydrogen) atoms. The zero-order chi connectivity index (χ0) is 25.1. The SMILES string of the molecule is CCCCc1nc2ccc(Br)cc2c(=O)n1N=Cc1cc(C)n(-c2ccc(C(=O)OC)cc2)c1C. The molecular formula is C27H27BrN4O3. The van der Waals surface area contributed by atoms with Gasteiger partial charge in [-0.3, -0.25) is 4.79 Å². The molecule has 8 heteroatoms. The normalized spacial score (nSPS) is 11.5. The number of rotatable bonds is 7. The highest BCUT2D eigenvalue weighted by Gasteiger charge is 2.13. The van der Waals surface area contributed by atoms with Crippen LogP contribution < -0.4 is 5.56 Å². The predicted molar refractivity (Wildman–Crippen MR) is 142 cm³/mol. The third-order valence-electron chi connectivity index (χ3n) is 5.96. The standard InChI is InChI=1S/C27H27BrN4O3/c1-5-6-7-25-30-24-13-10-21(28)15-23(24)26(33)32(25)29-16-20-14-17(2)31(18(20)3)22-11-8-19(9-12-22)27(34)35-4/h8-16H,5-7H2,1-4H3. The van der Waals surface area contributed by atoms with Gasteiger partial charge in [0.05, 0.1) is 29.8 Å². The van der Waals surface area contributed by atoms with Crippen molar-refractivity contribution in [3.05, 3.63) is 91.7 Å². The number of carbonyl (C=O) groups is 1. The lowest BCUT2D eigenvalue weighted by molar-refractivity contribution is 0.0600. The number of nitrogens with zero attached hydrogens (tertiary/aromatic N) is 4. The van der Waals surface area contributed by atoms with Gasteiger partial charge in [-0.15, -0.1) is 0 Å². The number of hydrogen-bond acceptors (Lipinski definition) is 5. The van der Waals surface area contributed by atoms with Crippen molar-refractivity contribution in [2.24, 2.45) is 5.10 Å². The smallest absolute Gasteiger partial charge is 0.337 e. The van der Waals surface area contributed by atoms with E-state index in [1.54, 1.807) is 24.4 Å². The Labute approximate surface area is 212 Å². The molecule has 4 aromatic rings. The minimum absolute atomic E-state index is 0.189. The molecule has 0 aliphatic carbocycles. The first kappa shape index (κ1) is 24.6. The number of methoxy groups -OCH3 is 1. The molecule has 2 aromatic carbocycles. The van der Waals surface area contributed by atoms with Gasteiger partial charge in [-0.25, -0.2) is 9.78 Å². The van der Waals surface area contributed by atoms with Gasteiger partial charge in [0.25, 0.3) is 5.56 Å². The first-order valence-corrected chi connectivity index (χ1v) is 12.3. The van der Waals surface area contributed by atoms with E-state index in [1.807, 2.05) is 44.2 Å². The van der Waals surface area contributed by atoms with Crippen LogP contribution in [0, 0.1) is 13.8 Å². The topological polar surface area (TPSA) is 78.5 Å². The van der Waals surface area contributed by atoms with Crippen LogP contribution in [0.25, 0.3) is 16.6 Å². The number of carbonyl (C=O) groups excluding carboxylic acids is 1. The van der Waals surface area contributed by atoms with Gasteiger partial charge in [-0.1, -0.05) is 29.3 Å². The molecule has 2 heterocycles. The molecule has 0 unspecified atom stereocenters. The average molecular weight is 535 g/mol. The molecule has 2 aromatic heterocycles. The molecule has 0 spiro atoms. The summed E-state index contributed by atoms with van der Waals surface area (Å²) in [5.74, 6) is 0.279. The van der Waals surface area contributed by atoms with Crippen molar-refractivity contribution in [3.63, 3.8) is 0 Å². The second-order valence-corrected chi connectivity index (χ2v) is 9.27. The zero-order valence-corrected chi connectivity index (χ0v) is 21.8. The number of aryl methyl sites for hydroxylation is 2. The van der Waals surface area contributed by atoms with Crippen LogP contribution >= 0.6 is 15.9 Å². The van der Waals surface area contributed by atoms with E-state index < -0.39 is 0 Å². The fraction of sp³-hybridized carbons (Fsp3) is 0.259. The van der Waals surface area contributed by atoms with Crippen LogP contribution in [0.1, 0.15) is 52.9 Å². The fourth-order valence-corrected chi connectivity index (χ4v) is 4.47. The third-order valence-corrected chi connectivity index (χ3v) is 6.45. The zero-order valence-electron chi connectivity index (χ0n) is 20.2. The number of ether oxygens (including phenoxy) is 1. The molecule has 0 saturated carbocycles. The number of benzene rings is 2. The minimum Gasteiger partial charge on any atom is -0.465 e. The van der Waals surface area contributed by atoms with Gasteiger partial charge in [0, 0.05) is 33.5 Å². The monoisotopic (exact) mass is 534 g/mol. The summed E-state index contributed by atoms with van der Waals surface area (Å²) in [7, 11) is 1.37. The summed E-state index contributed by atoms with van der Waals surface area (Å²) in [5, 5.41) is 5.11. The number of fused-ring (bicyclic) bond motifs is 1. The van der Waals surface area contributed by atoms with E-state index in [2.05, 4.69) is 32.5 Å². The van der Waals surface area contributed by atoms with Gasteiger partial charge in [-0.2, -0.15) is 9.78 Å². The van der Waals surface area contributed by atoms with Crippen molar-refractivity contribution in [3.8, 4) is 5.69 Å². The fourth-order valence-electron chi connectivity index (χ4n) is 4.11. The van der Waals surface area contributed by atoms with Crippen LogP contribution in [0.15, 0.2) is 62.9 Å². The highest BCUT2D eigenvalue weighted by atomic mass is 79.9. The Morgan fingerprint density at radius 3 is 2.57 bits per heavy atom. The Balaban J connectivity index is 1.75. The van der Waals surface area contributed by atoms with Gasteiger partial charge >= 0.3 is 5.97 Å². The number of aromatic nitrogens is 3. The Morgan fingerprint density at radius 1 is 1.14 bits per heavy atom. The van der Waals surface area contributed by atoms with Gasteiger partial charge in [0.1, 0.15) is 5.82 Å². The predicted octanol–water partition coefficient (Wildman–Crippen LogP) is 5.58. The summed E-state index contributed by atoms with van der Waals surface area (Å²) in [4.78, 5) is 29.8. The molecular weight excluding hydrogens is 508 g/mol. The second-order valence-electron chi connectivity index (χ2n) is 8.35. The van der Waals surface area contributed by atoms with E-state index in [-0.39, 0.29) is 11.5 Å². The lowest BCUT2D eigenvalue weighted by Gasteiger charge is -2.10. The van der Waals surface area contributed by atoms with Crippen molar-refractivity contribution in [1.29, 1.82) is 0 Å². The molecule has 0 amide bonds. The average Bonchev–Trinajstić information content (AvgIpc) is 3.14. The van der Waals surface area contributed by atoms with Gasteiger partial charge < -0.3 is 9.30 Å². The van der Waals surface area contributed by atoms with E-state index in [4.69, 9.17) is 9.72 Å². The van der Waals surface area contributed by atoms with E-state index >= 15 is 0 Å². The highest BCUT2D eigenvalue weighted by molar-refractivity contribution is 9.10. The summed E-state index contributed by atoms with van der Waals surface area (Å²) < 4.78 is 9.11. The summed E-state index contributed by atoms with van der Waals surface area (Å²) in [6, 6.07) is 14.8. The summed E-state index contributed by atoms with van der Waals surface area (Å²) in [6.07, 6.45) is 4.29. The number of unbranched alkanes of at least 4 members (excludes halogenated alkanes) is 1. The lowest BCUT2D eigenvalue weighted by atomic mass is 10.2. The molecule has 0 aliphatic heterocycles. The molecule has 7 nitrogen and oxygen atoms in total. The third kappa shape index (κ3) is 4.98. The Kier molecular flexibility index (Phi) is 7.31. The van der Waals surface area contributed by atoms with Crippen LogP contribution in [0.5, 0.6) is 0 Å². The molecule has 0 atom stereocenters. The lowest BCUT2D eigenvalue weighted by Crippen LogP contribution is -2.22. The quantitative estimate of drug-likeness (QED) is 0.229. The maximum Gasteiger partial charge on any atom is 0.337 e. The van der Waals surface area contributed by atoms with Crippen molar-refractivity contribution >= 4 is 39.0 Å². The van der Waals surface area contributed by atoms with E-state index in [0.29, 0.717) is 28.7 Å². The first-order valence-electron chi connectivity index (χ1n) is 11.5. The molecule has 0 fully saturated rings. The Bertz CT molecular complexity index is 1480. The molecule has 0 bridgehead atoms. The Hall–Kier alpha value is -3.52. The molecule has 0 saturated heterocycles. The van der Waals surface area contributed by atoms with Gasteiger partial charge in [0.2, 0.25) is 0 Å². The van der Waals surface area contributed by atoms with Crippen molar-refractivity contribution in [2.45, 2.75) is 40.0 Å². The molecule has 0 N–H and O–H groups in total. The second kappa shape index (κ2) is 10.4. The minimum atomic E-state index is -0.370. The molecule has 0 aliphatic rings. The summed E-state index contributed by atoms with van der Waals surface area (Å²) in [6.45, 7) is 6.11. The van der Waals surface area contributed by atoms with Gasteiger partial charge in [0.15, 0.2) is 0 Å². The van der Waals surface area contributed by atoms with Crippen LogP contribution in [0.3, 0.4) is 0 Å². The van der Waals surface area contributed by atoms with Crippen molar-refractivity contribution in [2.75, 3.05) is 7.11 Å². The van der Waals surface area contributed by atoms with E-state index in [9.17, 15) is 9.59 Å². The van der Waals surface area contributed by atoms with Gasteiger partial charge in [-0.05, 0) is 68.8 Å². The molecule has 0 radical (unpaired) electrons. The van der Waals surface area contributed by atoms with Crippen molar-refractivity contribution < 1.29 is 9.53 Å². The first-order chi connectivity index (χ1) is 16.8. The number of esters is 1. The van der Waals surface area contributed by atoms with Crippen LogP contribution in [-0.4, -0.2) is 33.5 Å². The maximum absolute atomic E-state index is 13.3.